The SMILES string of the molecule is COC(=O)C1C(C)OC2(C)CC(=O)C3OC12OC(C(C)/C=C(C)/C=C/C(O)=C1\C(=O)CN=C1[O-])C3C.[Na+]. The summed E-state index contributed by atoms with van der Waals surface area (Å²) < 4.78 is 24.0. The smallest absolute Gasteiger partial charge is 0.858 e. The number of carbonyl (C=O) groups is 3. The number of carbonyl (C=O) groups excluding carboxylic acids is 3. The Balaban J connectivity index is 0.00000380. The molecule has 196 valence electrons. The minimum Gasteiger partial charge on any atom is -0.858 e. The van der Waals surface area contributed by atoms with Crippen LogP contribution >= 0.6 is 0 Å². The Bertz CT molecular complexity index is 1110. The molecule has 2 bridgehead atoms. The van der Waals surface area contributed by atoms with Gasteiger partial charge in [0.05, 0.1) is 24.9 Å². The van der Waals surface area contributed by atoms with E-state index in [1.807, 2.05) is 19.9 Å². The molecular weight excluding hydrogens is 493 g/mol. The van der Waals surface area contributed by atoms with E-state index in [0.29, 0.717) is 0 Å². The van der Waals surface area contributed by atoms with Crippen LogP contribution in [0.15, 0.2) is 40.1 Å². The molecule has 4 aliphatic heterocycles. The number of hydrogen-bond acceptors (Lipinski definition) is 10. The number of nitrogens with zero attached hydrogens (tertiary/aromatic N) is 1. The summed E-state index contributed by atoms with van der Waals surface area (Å²) in [5.74, 6) is -5.21. The fourth-order valence-corrected chi connectivity index (χ4v) is 5.95. The average molecular weight is 526 g/mol. The number of aliphatic hydroxyl groups is 1. The van der Waals surface area contributed by atoms with Gasteiger partial charge < -0.3 is 29.2 Å². The molecule has 10 nitrogen and oxygen atoms in total. The number of Topliss-reactive ketones (excluding diaryl/α,β-unsaturated/α-hetero) is 2. The fraction of sp³-hybridized carbons (Fsp3) is 0.615. The first-order valence-corrected chi connectivity index (χ1v) is 12.0. The molecule has 4 rings (SSSR count). The molecule has 3 saturated heterocycles. The summed E-state index contributed by atoms with van der Waals surface area (Å²) >= 11 is 0. The molecule has 0 aliphatic carbocycles. The van der Waals surface area contributed by atoms with Gasteiger partial charge in [-0.1, -0.05) is 31.6 Å². The number of rotatable bonds is 5. The predicted octanol–water partition coefficient (Wildman–Crippen LogP) is -1.66. The van der Waals surface area contributed by atoms with Gasteiger partial charge in [-0.05, 0) is 32.7 Å². The molecule has 0 aromatic heterocycles. The maximum Gasteiger partial charge on any atom is 1.00 e. The Kier molecular flexibility index (Phi) is 8.63. The molecule has 0 aromatic carbocycles. The fourth-order valence-electron chi connectivity index (χ4n) is 5.95. The number of fused-ring (bicyclic) bond motifs is 1. The van der Waals surface area contributed by atoms with E-state index in [4.69, 9.17) is 18.9 Å². The zero-order chi connectivity index (χ0) is 26.6. The summed E-state index contributed by atoms with van der Waals surface area (Å²) in [7, 11) is 1.29. The Morgan fingerprint density at radius 3 is 2.51 bits per heavy atom. The second kappa shape index (κ2) is 10.7. The van der Waals surface area contributed by atoms with Gasteiger partial charge >= 0.3 is 35.5 Å². The van der Waals surface area contributed by atoms with E-state index in [9.17, 15) is 24.6 Å². The molecule has 0 saturated carbocycles. The van der Waals surface area contributed by atoms with Crippen LogP contribution in [0, 0.1) is 17.8 Å². The monoisotopic (exact) mass is 525 g/mol. The van der Waals surface area contributed by atoms with Gasteiger partial charge in [-0.25, -0.2) is 0 Å². The van der Waals surface area contributed by atoms with E-state index in [1.54, 1.807) is 26.8 Å². The van der Waals surface area contributed by atoms with Crippen LogP contribution < -0.4 is 34.7 Å². The molecule has 37 heavy (non-hydrogen) atoms. The van der Waals surface area contributed by atoms with Crippen molar-refractivity contribution in [3.8, 4) is 0 Å². The number of allylic oxidation sites excluding steroid dienone is 3. The van der Waals surface area contributed by atoms with Gasteiger partial charge in [0.15, 0.2) is 11.6 Å². The van der Waals surface area contributed by atoms with Crippen LogP contribution in [0.25, 0.3) is 0 Å². The first-order valence-electron chi connectivity index (χ1n) is 12.0. The van der Waals surface area contributed by atoms with Crippen LogP contribution in [-0.4, -0.2) is 71.9 Å². The molecule has 4 heterocycles. The average Bonchev–Trinajstić information content (AvgIpc) is 3.25. The van der Waals surface area contributed by atoms with Gasteiger partial charge in [0, 0.05) is 18.3 Å². The van der Waals surface area contributed by atoms with Gasteiger partial charge in [-0.15, -0.1) is 0 Å². The normalized spacial score (nSPS) is 39.7. The van der Waals surface area contributed by atoms with Crippen molar-refractivity contribution < 1.29 is 73.1 Å². The topological polar surface area (TPSA) is 144 Å². The van der Waals surface area contributed by atoms with Crippen molar-refractivity contribution in [1.29, 1.82) is 0 Å². The van der Waals surface area contributed by atoms with E-state index >= 15 is 0 Å². The Morgan fingerprint density at radius 1 is 1.24 bits per heavy atom. The largest absolute Gasteiger partial charge is 1.00 e. The maximum atomic E-state index is 13.1. The number of ketones is 2. The molecule has 1 spiro atoms. The Hall–Kier alpha value is -1.82. The second-order valence-corrected chi connectivity index (χ2v) is 10.3. The van der Waals surface area contributed by atoms with E-state index < -0.39 is 59.0 Å². The molecule has 8 unspecified atom stereocenters. The quantitative estimate of drug-likeness (QED) is 0.147. The van der Waals surface area contributed by atoms with Crippen LogP contribution in [-0.2, 0) is 33.3 Å². The number of esters is 1. The van der Waals surface area contributed by atoms with Crippen molar-refractivity contribution in [2.24, 2.45) is 22.7 Å². The van der Waals surface area contributed by atoms with Gasteiger partial charge in [0.1, 0.15) is 29.9 Å². The van der Waals surface area contributed by atoms with Crippen LogP contribution in [0.2, 0.25) is 0 Å². The van der Waals surface area contributed by atoms with Crippen molar-refractivity contribution >= 4 is 23.4 Å². The predicted molar refractivity (Wildman–Crippen MR) is 125 cm³/mol. The van der Waals surface area contributed by atoms with Crippen molar-refractivity contribution in [2.45, 2.75) is 70.7 Å². The molecular formula is C26H32NNaO9. The summed E-state index contributed by atoms with van der Waals surface area (Å²) in [5, 5.41) is 21.9. The summed E-state index contributed by atoms with van der Waals surface area (Å²) in [6, 6.07) is 0. The van der Waals surface area contributed by atoms with Gasteiger partial charge in [0.2, 0.25) is 5.79 Å². The third-order valence-electron chi connectivity index (χ3n) is 7.62. The molecule has 8 atom stereocenters. The van der Waals surface area contributed by atoms with E-state index in [-0.39, 0.29) is 65.7 Å². The molecule has 3 fully saturated rings. The maximum absolute atomic E-state index is 13.1. The third-order valence-corrected chi connectivity index (χ3v) is 7.62. The van der Waals surface area contributed by atoms with Crippen LogP contribution in [0.1, 0.15) is 41.0 Å². The summed E-state index contributed by atoms with van der Waals surface area (Å²) in [4.78, 5) is 41.1. The first-order chi connectivity index (χ1) is 16.8. The van der Waals surface area contributed by atoms with E-state index in [2.05, 4.69) is 4.99 Å². The van der Waals surface area contributed by atoms with Crippen molar-refractivity contribution in [3.63, 3.8) is 0 Å². The van der Waals surface area contributed by atoms with Crippen LogP contribution in [0.4, 0.5) is 0 Å². The minimum absolute atomic E-state index is 0. The molecule has 4 aliphatic rings. The number of methoxy groups -OCH3 is 1. The molecule has 1 N–H and O–H groups in total. The van der Waals surface area contributed by atoms with Crippen LogP contribution in [0.5, 0.6) is 0 Å². The molecule has 0 amide bonds. The number of aliphatic hydroxyl groups excluding tert-OH is 1. The summed E-state index contributed by atoms with van der Waals surface area (Å²) in [6.45, 7) is 8.81. The zero-order valence-electron chi connectivity index (χ0n) is 22.3. The third kappa shape index (κ3) is 4.88. The second-order valence-electron chi connectivity index (χ2n) is 10.3. The van der Waals surface area contributed by atoms with E-state index in [0.717, 1.165) is 5.57 Å². The summed E-state index contributed by atoms with van der Waals surface area (Å²) in [6.07, 6.45) is 2.98. The number of hydrogen-bond donors (Lipinski definition) is 1. The van der Waals surface area contributed by atoms with Crippen molar-refractivity contribution in [1.82, 2.24) is 0 Å². The number of ether oxygens (including phenoxy) is 4. The standard InChI is InChI=1S/C26H33NO9.Na/c1-12(7-8-16(28)19-18(30)11-27-23(19)31)9-13(2)21-14(3)22-17(29)10-25(5)26(35-21,36-22)20(15(4)34-25)24(32)33-6;/h7-9,13-15,20-22,28H,10-11H2,1-6H3,(H,27,31);/q;+1/p-1/b8-7+,12-9+,19-16-;. The molecule has 0 aromatic rings. The van der Waals surface area contributed by atoms with Gasteiger partial charge in [0.25, 0.3) is 0 Å². The zero-order valence-corrected chi connectivity index (χ0v) is 24.3. The number of aliphatic imine (C=N–C) groups is 1. The minimum atomic E-state index is -1.48. The molecule has 11 heteroatoms. The Morgan fingerprint density at radius 2 is 1.92 bits per heavy atom. The summed E-state index contributed by atoms with van der Waals surface area (Å²) in [5.41, 5.74) is -0.745. The van der Waals surface area contributed by atoms with Gasteiger partial charge in [-0.3, -0.25) is 19.4 Å². The van der Waals surface area contributed by atoms with Crippen LogP contribution in [0.3, 0.4) is 0 Å². The molecule has 0 radical (unpaired) electrons. The Labute approximate surface area is 238 Å². The van der Waals surface area contributed by atoms with Crippen molar-refractivity contribution in [2.75, 3.05) is 13.7 Å². The van der Waals surface area contributed by atoms with Crippen molar-refractivity contribution in [3.05, 3.63) is 35.1 Å². The first kappa shape index (κ1) is 29.7. The van der Waals surface area contributed by atoms with Gasteiger partial charge in [-0.2, -0.15) is 0 Å². The van der Waals surface area contributed by atoms with E-state index in [1.165, 1.54) is 13.2 Å².